The first-order valence-corrected chi connectivity index (χ1v) is 11.6. The molecule has 9 nitrogen and oxygen atoms in total. The van der Waals surface area contributed by atoms with Gasteiger partial charge < -0.3 is 14.4 Å². The number of nitrogens with zero attached hydrogens (tertiary/aromatic N) is 2. The summed E-state index contributed by atoms with van der Waals surface area (Å²) in [6, 6.07) is 10.9. The van der Waals surface area contributed by atoms with Gasteiger partial charge in [0, 0.05) is 17.8 Å². The molecule has 0 unspecified atom stereocenters. The van der Waals surface area contributed by atoms with Crippen LogP contribution in [-0.2, 0) is 30.8 Å². The molecule has 2 aromatic carbocycles. The maximum absolute atomic E-state index is 12.7. The number of carbonyl (C=O) groups excluding carboxylic acids is 2. The van der Waals surface area contributed by atoms with Gasteiger partial charge in [0.1, 0.15) is 17.6 Å². The topological polar surface area (TPSA) is 114 Å². The first-order valence-electron chi connectivity index (χ1n) is 10.1. The minimum atomic E-state index is -3.70. The number of hydrogen-bond acceptors (Lipinski definition) is 7. The summed E-state index contributed by atoms with van der Waals surface area (Å²) < 4.78 is 37.1. The van der Waals surface area contributed by atoms with Gasteiger partial charge in [-0.25, -0.2) is 13.2 Å². The molecule has 0 radical (unpaired) electrons. The highest BCUT2D eigenvalue weighted by Crippen LogP contribution is 2.30. The number of amidine groups is 1. The fourth-order valence-corrected chi connectivity index (χ4v) is 5.01. The van der Waals surface area contributed by atoms with Crippen LogP contribution in [0.15, 0.2) is 52.4 Å². The molecule has 10 heteroatoms. The van der Waals surface area contributed by atoms with Gasteiger partial charge in [-0.1, -0.05) is 12.1 Å². The summed E-state index contributed by atoms with van der Waals surface area (Å²) in [7, 11) is -2.11. The largest absolute Gasteiger partial charge is 0.497 e. The predicted octanol–water partition coefficient (Wildman–Crippen LogP) is 1.64. The van der Waals surface area contributed by atoms with Crippen LogP contribution in [0.4, 0.5) is 5.69 Å². The third-order valence-electron chi connectivity index (χ3n) is 5.37. The van der Waals surface area contributed by atoms with E-state index in [0.29, 0.717) is 12.1 Å². The molecule has 168 valence electrons. The fraction of sp³-hybridized carbons (Fsp3) is 0.318. The molecule has 0 spiro atoms. The molecule has 1 N–H and O–H groups in total. The molecule has 0 saturated carbocycles. The van der Waals surface area contributed by atoms with Crippen molar-refractivity contribution < 1.29 is 27.5 Å². The SMILES string of the molecule is COc1ccc2c(c1)CCCN2C(=O)COC(=O)[C@H](C)N=C1NS(=O)(=O)c2ccccc21. The third kappa shape index (κ3) is 4.18. The van der Waals surface area contributed by atoms with Crippen LogP contribution in [0.1, 0.15) is 24.5 Å². The summed E-state index contributed by atoms with van der Waals surface area (Å²) in [5, 5.41) is 0. The molecule has 1 atom stereocenters. The number of esters is 1. The van der Waals surface area contributed by atoms with Gasteiger partial charge in [0.2, 0.25) is 0 Å². The van der Waals surface area contributed by atoms with Crippen LogP contribution in [0.3, 0.4) is 0 Å². The van der Waals surface area contributed by atoms with E-state index in [1.165, 1.54) is 13.0 Å². The molecule has 0 aliphatic carbocycles. The molecule has 2 aromatic rings. The van der Waals surface area contributed by atoms with Crippen molar-refractivity contribution >= 4 is 33.4 Å². The van der Waals surface area contributed by atoms with Crippen LogP contribution in [0.25, 0.3) is 0 Å². The molecule has 0 saturated heterocycles. The number of rotatable bonds is 5. The van der Waals surface area contributed by atoms with E-state index in [-0.39, 0.29) is 16.6 Å². The quantitative estimate of drug-likeness (QED) is 0.683. The molecule has 0 aromatic heterocycles. The van der Waals surface area contributed by atoms with E-state index < -0.39 is 28.6 Å². The van der Waals surface area contributed by atoms with Crippen LogP contribution in [0.2, 0.25) is 0 Å². The van der Waals surface area contributed by atoms with Gasteiger partial charge >= 0.3 is 5.97 Å². The number of aryl methyl sites for hydroxylation is 1. The lowest BCUT2D eigenvalue weighted by molar-refractivity contribution is -0.148. The molecular formula is C22H23N3O6S. The molecule has 0 bridgehead atoms. The number of carbonyl (C=O) groups is 2. The van der Waals surface area contributed by atoms with Crippen LogP contribution >= 0.6 is 0 Å². The third-order valence-corrected chi connectivity index (χ3v) is 6.77. The Kier molecular flexibility index (Phi) is 5.88. The summed E-state index contributed by atoms with van der Waals surface area (Å²) in [6.07, 6.45) is 1.63. The number of sulfonamides is 1. The van der Waals surface area contributed by atoms with Crippen molar-refractivity contribution in [3.63, 3.8) is 0 Å². The predicted molar refractivity (Wildman–Crippen MR) is 117 cm³/mol. The molecule has 2 heterocycles. The molecule has 2 aliphatic heterocycles. The van der Waals surface area contributed by atoms with Gasteiger partial charge in [0.25, 0.3) is 15.9 Å². The summed E-state index contributed by atoms with van der Waals surface area (Å²) >= 11 is 0. The van der Waals surface area contributed by atoms with Gasteiger partial charge in [0.15, 0.2) is 6.61 Å². The maximum atomic E-state index is 12.7. The fourth-order valence-electron chi connectivity index (χ4n) is 3.77. The average molecular weight is 458 g/mol. The Balaban J connectivity index is 1.42. The second kappa shape index (κ2) is 8.62. The van der Waals surface area contributed by atoms with E-state index in [1.807, 2.05) is 12.1 Å². The maximum Gasteiger partial charge on any atom is 0.331 e. The molecule has 4 rings (SSSR count). The first kappa shape index (κ1) is 21.8. The van der Waals surface area contributed by atoms with E-state index in [4.69, 9.17) is 9.47 Å². The number of amides is 1. The molecule has 0 fully saturated rings. The van der Waals surface area contributed by atoms with E-state index in [1.54, 1.807) is 36.3 Å². The number of ether oxygens (including phenoxy) is 2. The van der Waals surface area contributed by atoms with Gasteiger partial charge in [-0.3, -0.25) is 14.5 Å². The highest BCUT2D eigenvalue weighted by Gasteiger charge is 2.31. The standard InChI is InChI=1S/C22H23N3O6S/c1-14(23-21-17-7-3-4-8-19(17)32(28,29)24-21)22(27)31-13-20(26)25-11-5-6-15-12-16(30-2)9-10-18(15)25/h3-4,7-10,12,14H,5-6,11,13H2,1-2H3,(H,23,24)/t14-/m0/s1. The highest BCUT2D eigenvalue weighted by atomic mass is 32.2. The second-order valence-electron chi connectivity index (χ2n) is 7.51. The summed E-state index contributed by atoms with van der Waals surface area (Å²) in [6.45, 7) is 1.59. The number of nitrogens with one attached hydrogen (secondary N) is 1. The van der Waals surface area contributed by atoms with Crippen LogP contribution in [0.5, 0.6) is 5.75 Å². The van der Waals surface area contributed by atoms with Crippen LogP contribution < -0.4 is 14.4 Å². The highest BCUT2D eigenvalue weighted by molar-refractivity contribution is 7.90. The number of fused-ring (bicyclic) bond motifs is 2. The Labute approximate surface area is 186 Å². The molecule has 32 heavy (non-hydrogen) atoms. The van der Waals surface area contributed by atoms with Gasteiger partial charge in [-0.15, -0.1) is 0 Å². The Hall–Kier alpha value is -3.40. The zero-order valence-electron chi connectivity index (χ0n) is 17.7. The van der Waals surface area contributed by atoms with Crippen molar-refractivity contribution in [2.75, 3.05) is 25.2 Å². The van der Waals surface area contributed by atoms with Crippen molar-refractivity contribution in [2.45, 2.75) is 30.7 Å². The zero-order valence-corrected chi connectivity index (χ0v) is 18.5. The van der Waals surface area contributed by atoms with E-state index in [0.717, 1.165) is 29.8 Å². The minimum absolute atomic E-state index is 0.0790. The molecular weight excluding hydrogens is 434 g/mol. The van der Waals surface area contributed by atoms with Crippen molar-refractivity contribution in [3.05, 3.63) is 53.6 Å². The Morgan fingerprint density at radius 2 is 2.00 bits per heavy atom. The lowest BCUT2D eigenvalue weighted by Crippen LogP contribution is -2.39. The number of methoxy groups -OCH3 is 1. The summed E-state index contributed by atoms with van der Waals surface area (Å²) in [5.41, 5.74) is 2.18. The van der Waals surface area contributed by atoms with E-state index in [9.17, 15) is 18.0 Å². The Bertz CT molecular complexity index is 1210. The monoisotopic (exact) mass is 457 g/mol. The lowest BCUT2D eigenvalue weighted by atomic mass is 10.0. The van der Waals surface area contributed by atoms with Crippen molar-refractivity contribution in [2.24, 2.45) is 4.99 Å². The van der Waals surface area contributed by atoms with Crippen molar-refractivity contribution in [1.82, 2.24) is 4.72 Å². The second-order valence-corrected chi connectivity index (χ2v) is 9.16. The van der Waals surface area contributed by atoms with Gasteiger partial charge in [0.05, 0.1) is 12.0 Å². The Morgan fingerprint density at radius 1 is 1.22 bits per heavy atom. The lowest BCUT2D eigenvalue weighted by Gasteiger charge is -2.29. The number of benzene rings is 2. The molecule has 1 amide bonds. The average Bonchev–Trinajstić information content (AvgIpc) is 3.06. The van der Waals surface area contributed by atoms with Crippen molar-refractivity contribution in [1.29, 1.82) is 0 Å². The van der Waals surface area contributed by atoms with Gasteiger partial charge in [-0.05, 0) is 55.7 Å². The Morgan fingerprint density at radius 3 is 2.78 bits per heavy atom. The van der Waals surface area contributed by atoms with E-state index in [2.05, 4.69) is 9.71 Å². The molecule has 2 aliphatic rings. The number of hydrogen-bond donors (Lipinski definition) is 1. The smallest absolute Gasteiger partial charge is 0.331 e. The summed E-state index contributed by atoms with van der Waals surface area (Å²) in [5.74, 6) is -0.255. The summed E-state index contributed by atoms with van der Waals surface area (Å²) in [4.78, 5) is 31.0. The van der Waals surface area contributed by atoms with Gasteiger partial charge in [-0.2, -0.15) is 0 Å². The first-order chi connectivity index (χ1) is 15.3. The minimum Gasteiger partial charge on any atom is -0.497 e. The normalized spacial score (nSPS) is 18.3. The number of aliphatic imine (C=N–C) groups is 1. The van der Waals surface area contributed by atoms with Crippen LogP contribution in [0, 0.1) is 0 Å². The number of anilines is 1. The van der Waals surface area contributed by atoms with E-state index >= 15 is 0 Å². The van der Waals surface area contributed by atoms with Crippen LogP contribution in [-0.4, -0.2) is 52.4 Å². The van der Waals surface area contributed by atoms with Crippen molar-refractivity contribution in [3.8, 4) is 5.75 Å². The zero-order chi connectivity index (χ0) is 22.9.